The molecule has 1 atom stereocenters. The molecule has 0 unspecified atom stereocenters. The van der Waals surface area contributed by atoms with Crippen molar-refractivity contribution in [2.24, 2.45) is 21.7 Å². The second-order valence-corrected chi connectivity index (χ2v) is 15.1. The first kappa shape index (κ1) is 32.0. The van der Waals surface area contributed by atoms with E-state index in [1.54, 1.807) is 6.08 Å². The Kier molecular flexibility index (Phi) is 9.10. The van der Waals surface area contributed by atoms with E-state index in [2.05, 4.69) is 72.4 Å². The Bertz CT molecular complexity index is 1400. The van der Waals surface area contributed by atoms with E-state index < -0.39 is 5.66 Å². The number of aliphatic imine (C=N–C) groups is 1. The molecule has 3 aliphatic carbocycles. The zero-order valence-corrected chi connectivity index (χ0v) is 27.2. The summed E-state index contributed by atoms with van der Waals surface area (Å²) in [4.78, 5) is 34.8. The van der Waals surface area contributed by atoms with Crippen LogP contribution in [0.15, 0.2) is 51.8 Å². The van der Waals surface area contributed by atoms with Gasteiger partial charge >= 0.3 is 0 Å². The molecule has 2 N–H and O–H groups in total. The van der Waals surface area contributed by atoms with Crippen molar-refractivity contribution < 1.29 is 14.0 Å². The van der Waals surface area contributed by atoms with E-state index in [1.807, 2.05) is 12.2 Å². The molecule has 0 radical (unpaired) electrons. The number of hydrogen-bond donors (Lipinski definition) is 2. The van der Waals surface area contributed by atoms with Gasteiger partial charge in [0.15, 0.2) is 5.82 Å². The van der Waals surface area contributed by atoms with E-state index in [0.717, 1.165) is 44.1 Å². The number of nitrogens with zero attached hydrogens (tertiary/aromatic N) is 5. The van der Waals surface area contributed by atoms with Gasteiger partial charge in [-0.2, -0.15) is 5.21 Å². The van der Waals surface area contributed by atoms with Crippen LogP contribution in [-0.4, -0.2) is 54.8 Å². The maximum absolute atomic E-state index is 14.5. The fraction of sp³-hybridized carbons (Fsp3) is 0.647. The van der Waals surface area contributed by atoms with Gasteiger partial charge in [0.05, 0.1) is 12.6 Å². The van der Waals surface area contributed by atoms with Gasteiger partial charge in [-0.1, -0.05) is 58.9 Å². The first-order chi connectivity index (χ1) is 20.8. The van der Waals surface area contributed by atoms with Crippen LogP contribution in [0.1, 0.15) is 112 Å². The topological polar surface area (TPSA) is 116 Å². The van der Waals surface area contributed by atoms with E-state index >= 15 is 0 Å². The summed E-state index contributed by atoms with van der Waals surface area (Å²) in [7, 11) is 0. The van der Waals surface area contributed by atoms with Crippen LogP contribution in [0.3, 0.4) is 0 Å². The summed E-state index contributed by atoms with van der Waals surface area (Å²) in [5.74, 6) is 0.451. The second-order valence-electron chi connectivity index (χ2n) is 15.1. The first-order valence-electron chi connectivity index (χ1n) is 16.2. The lowest BCUT2D eigenvalue weighted by atomic mass is 9.69. The van der Waals surface area contributed by atoms with E-state index in [0.29, 0.717) is 54.3 Å². The van der Waals surface area contributed by atoms with Crippen LogP contribution in [0.4, 0.5) is 4.39 Å². The molecule has 0 bridgehead atoms. The molecule has 1 aromatic heterocycles. The Morgan fingerprint density at radius 1 is 1.14 bits per heavy atom. The van der Waals surface area contributed by atoms with E-state index in [-0.39, 0.29) is 41.1 Å². The molecule has 1 aliphatic heterocycles. The highest BCUT2D eigenvalue weighted by Gasteiger charge is 2.53. The lowest BCUT2D eigenvalue weighted by Gasteiger charge is -2.48. The van der Waals surface area contributed by atoms with Gasteiger partial charge in [0.25, 0.3) is 5.91 Å². The van der Waals surface area contributed by atoms with Crippen LogP contribution in [-0.2, 0) is 16.1 Å². The molecule has 4 aliphatic rings. The van der Waals surface area contributed by atoms with Gasteiger partial charge in [0.1, 0.15) is 17.2 Å². The number of nitrogens with one attached hydrogen (secondary N) is 2. The fourth-order valence-corrected chi connectivity index (χ4v) is 7.10. The molecular weight excluding hydrogens is 557 g/mol. The summed E-state index contributed by atoms with van der Waals surface area (Å²) in [6.07, 6.45) is 14.8. The molecule has 238 valence electrons. The number of rotatable bonds is 8. The van der Waals surface area contributed by atoms with Crippen molar-refractivity contribution in [2.75, 3.05) is 0 Å². The highest BCUT2D eigenvalue weighted by molar-refractivity contribution is 6.47. The Labute approximate surface area is 260 Å². The number of carbonyl (C=O) groups excluding carboxylic acids is 2. The molecule has 5 rings (SSSR count). The highest BCUT2D eigenvalue weighted by Crippen LogP contribution is 2.49. The Morgan fingerprint density at radius 2 is 1.89 bits per heavy atom. The Hall–Kier alpha value is -3.43. The fourth-order valence-electron chi connectivity index (χ4n) is 7.10. The zero-order valence-electron chi connectivity index (χ0n) is 27.2. The highest BCUT2D eigenvalue weighted by atomic mass is 19.1. The largest absolute Gasteiger partial charge is 0.345 e. The number of aromatic nitrogens is 4. The van der Waals surface area contributed by atoms with Crippen molar-refractivity contribution in [2.45, 2.75) is 124 Å². The number of H-pyrrole nitrogens is 1. The van der Waals surface area contributed by atoms with Crippen molar-refractivity contribution in [3.8, 4) is 0 Å². The predicted octanol–water partition coefficient (Wildman–Crippen LogP) is 6.45. The quantitative estimate of drug-likeness (QED) is 0.353. The zero-order chi connectivity index (χ0) is 31.7. The Balaban J connectivity index is 1.47. The number of halogens is 1. The minimum atomic E-state index is -0.637. The van der Waals surface area contributed by atoms with Crippen LogP contribution >= 0.6 is 0 Å². The molecule has 1 fully saturated rings. The average Bonchev–Trinajstić information content (AvgIpc) is 3.58. The molecular formula is C34H48FN7O2. The third-order valence-corrected chi connectivity index (χ3v) is 9.75. The smallest absolute Gasteiger partial charge is 0.274 e. The lowest BCUT2D eigenvalue weighted by Crippen LogP contribution is -2.55. The number of hydrogen-bond acceptors (Lipinski definition) is 6. The van der Waals surface area contributed by atoms with Crippen molar-refractivity contribution in [1.82, 2.24) is 30.8 Å². The SMILES string of the molecule is CC(C)(C)CC[C@H](C1=CC=C(C(=O)NCc2nn[nH]n2)CC1)N1C(=O)C(C2=CC(F)=CCC2)=NC12CCC(C(C)(C)C)CC2. The molecule has 10 heteroatoms. The van der Waals surface area contributed by atoms with Crippen molar-refractivity contribution in [1.29, 1.82) is 0 Å². The summed E-state index contributed by atoms with van der Waals surface area (Å²) in [6.45, 7) is 13.8. The predicted molar refractivity (Wildman–Crippen MR) is 169 cm³/mol. The number of tetrazole rings is 1. The van der Waals surface area contributed by atoms with Crippen LogP contribution in [0, 0.1) is 16.7 Å². The van der Waals surface area contributed by atoms with Crippen molar-refractivity contribution >= 4 is 17.5 Å². The van der Waals surface area contributed by atoms with Crippen molar-refractivity contribution in [3.63, 3.8) is 0 Å². The maximum Gasteiger partial charge on any atom is 0.274 e. The number of allylic oxidation sites excluding steroid dienone is 5. The first-order valence-corrected chi connectivity index (χ1v) is 16.2. The minimum absolute atomic E-state index is 0.0762. The lowest BCUT2D eigenvalue weighted by molar-refractivity contribution is -0.132. The summed E-state index contributed by atoms with van der Waals surface area (Å²) in [5.41, 5.74) is 2.61. The van der Waals surface area contributed by atoms with E-state index in [4.69, 9.17) is 4.99 Å². The van der Waals surface area contributed by atoms with Crippen LogP contribution < -0.4 is 5.32 Å². The normalized spacial score (nSPS) is 25.2. The third kappa shape index (κ3) is 7.10. The number of amides is 2. The summed E-state index contributed by atoms with van der Waals surface area (Å²) in [6, 6.07) is -0.154. The van der Waals surface area contributed by atoms with Gasteiger partial charge in [-0.05, 0) is 104 Å². The molecule has 44 heavy (non-hydrogen) atoms. The van der Waals surface area contributed by atoms with Gasteiger partial charge in [-0.3, -0.25) is 14.6 Å². The Morgan fingerprint density at radius 3 is 2.48 bits per heavy atom. The molecule has 1 aromatic rings. The number of carbonyl (C=O) groups is 2. The van der Waals surface area contributed by atoms with E-state index in [9.17, 15) is 14.0 Å². The van der Waals surface area contributed by atoms with Crippen LogP contribution in [0.5, 0.6) is 0 Å². The summed E-state index contributed by atoms with van der Waals surface area (Å²) < 4.78 is 14.4. The number of aromatic amines is 1. The molecule has 0 aromatic carbocycles. The molecule has 2 amide bonds. The monoisotopic (exact) mass is 605 g/mol. The minimum Gasteiger partial charge on any atom is -0.345 e. The maximum atomic E-state index is 14.5. The molecule has 1 saturated carbocycles. The summed E-state index contributed by atoms with van der Waals surface area (Å²) in [5, 5.41) is 16.6. The summed E-state index contributed by atoms with van der Waals surface area (Å²) >= 11 is 0. The second kappa shape index (κ2) is 12.5. The van der Waals surface area contributed by atoms with Gasteiger partial charge in [-0.15, -0.1) is 10.2 Å². The van der Waals surface area contributed by atoms with Gasteiger partial charge in [0.2, 0.25) is 5.91 Å². The van der Waals surface area contributed by atoms with Gasteiger partial charge in [-0.25, -0.2) is 4.39 Å². The molecule has 9 nitrogen and oxygen atoms in total. The molecule has 1 spiro atoms. The molecule has 2 heterocycles. The van der Waals surface area contributed by atoms with Crippen LogP contribution in [0.25, 0.3) is 0 Å². The average molecular weight is 606 g/mol. The van der Waals surface area contributed by atoms with Crippen LogP contribution in [0.2, 0.25) is 0 Å². The van der Waals surface area contributed by atoms with Crippen molar-refractivity contribution in [3.05, 3.63) is 52.7 Å². The van der Waals surface area contributed by atoms with Gasteiger partial charge < -0.3 is 10.2 Å². The van der Waals surface area contributed by atoms with E-state index in [1.165, 1.54) is 6.08 Å². The van der Waals surface area contributed by atoms with Gasteiger partial charge in [0, 0.05) is 5.57 Å². The molecule has 0 saturated heterocycles. The standard InChI is InChI=1S/C34H48FN7O2/c1-32(2,3)17-16-27(22-10-12-23(13-11-22)30(43)36-21-28-38-40-41-39-28)42-31(44)29(24-8-7-9-26(35)20-24)37-34(42)18-14-25(15-19-34)33(4,5)6/h9-10,12,20,25,27H,7-8,11,13-19,21H2,1-6H3,(H,36,43)(H,38,39,40,41)/t25?,27-,34?/m1/s1. The third-order valence-electron chi connectivity index (χ3n) is 9.75.